The van der Waals surface area contributed by atoms with E-state index >= 15 is 0 Å². The Morgan fingerprint density at radius 2 is 1.66 bits per heavy atom. The lowest BCUT2D eigenvalue weighted by atomic mass is 10.1. The van der Waals surface area contributed by atoms with Crippen molar-refractivity contribution >= 4 is 27.5 Å². The summed E-state index contributed by atoms with van der Waals surface area (Å²) in [5.41, 5.74) is 0.457. The second kappa shape index (κ2) is 9.02. The minimum Gasteiger partial charge on any atom is -0.493 e. The van der Waals surface area contributed by atoms with E-state index in [4.69, 9.17) is 21.1 Å². The molecule has 0 saturated carbocycles. The van der Waals surface area contributed by atoms with Gasteiger partial charge in [0.15, 0.2) is 11.5 Å². The Hall–Kier alpha value is -2.29. The van der Waals surface area contributed by atoms with E-state index in [1.165, 1.54) is 30.7 Å². The summed E-state index contributed by atoms with van der Waals surface area (Å²) >= 11 is 5.84. The van der Waals surface area contributed by atoms with E-state index in [1.54, 1.807) is 30.3 Å². The summed E-state index contributed by atoms with van der Waals surface area (Å²) in [6.07, 6.45) is 1.07. The Kier molecular flexibility index (Phi) is 6.66. The van der Waals surface area contributed by atoms with Crippen molar-refractivity contribution in [3.05, 3.63) is 53.1 Å². The maximum atomic E-state index is 12.7. The molecule has 2 aromatic rings. The van der Waals surface area contributed by atoms with Crippen molar-refractivity contribution in [3.63, 3.8) is 0 Å². The van der Waals surface area contributed by atoms with E-state index < -0.39 is 10.0 Å². The average molecular weight is 439 g/mol. The summed E-state index contributed by atoms with van der Waals surface area (Å²) < 4.78 is 37.4. The first-order valence-electron chi connectivity index (χ1n) is 9.13. The van der Waals surface area contributed by atoms with Crippen molar-refractivity contribution in [2.24, 2.45) is 0 Å². The van der Waals surface area contributed by atoms with Crippen molar-refractivity contribution in [3.8, 4) is 11.5 Å². The smallest absolute Gasteiger partial charge is 0.251 e. The number of piperidine rings is 1. The number of amides is 1. The molecular formula is C20H23ClN2O5S. The number of methoxy groups -OCH3 is 2. The van der Waals surface area contributed by atoms with Crippen molar-refractivity contribution in [2.45, 2.75) is 23.8 Å². The molecule has 0 spiro atoms. The van der Waals surface area contributed by atoms with Gasteiger partial charge in [-0.15, -0.1) is 0 Å². The van der Waals surface area contributed by atoms with Crippen LogP contribution in [0.2, 0.25) is 5.02 Å². The molecule has 0 aromatic heterocycles. The van der Waals surface area contributed by atoms with Crippen LogP contribution in [0.3, 0.4) is 0 Å². The number of ether oxygens (including phenoxy) is 2. The van der Waals surface area contributed by atoms with Gasteiger partial charge in [-0.1, -0.05) is 11.6 Å². The third-order valence-corrected chi connectivity index (χ3v) is 7.05. The molecule has 1 aliphatic rings. The van der Waals surface area contributed by atoms with E-state index in [0.717, 1.165) is 0 Å². The standard InChI is InChI=1S/C20H23ClN2O5S/c1-27-18-8-3-14(13-19(18)28-2)20(24)22-16-9-11-23(12-10-16)29(25,26)17-6-4-15(21)5-7-17/h3-8,13,16H,9-12H2,1-2H3,(H,22,24). The molecule has 0 bridgehead atoms. The van der Waals surface area contributed by atoms with Crippen molar-refractivity contribution < 1.29 is 22.7 Å². The van der Waals surface area contributed by atoms with Gasteiger partial charge in [0.05, 0.1) is 19.1 Å². The molecule has 1 saturated heterocycles. The van der Waals surface area contributed by atoms with Crippen LogP contribution >= 0.6 is 11.6 Å². The largest absolute Gasteiger partial charge is 0.493 e. The fourth-order valence-electron chi connectivity index (χ4n) is 3.24. The van der Waals surface area contributed by atoms with Gasteiger partial charge in [0, 0.05) is 29.7 Å². The average Bonchev–Trinajstić information content (AvgIpc) is 2.73. The van der Waals surface area contributed by atoms with Crippen molar-refractivity contribution in [2.75, 3.05) is 27.3 Å². The summed E-state index contributed by atoms with van der Waals surface area (Å²) in [4.78, 5) is 12.8. The summed E-state index contributed by atoms with van der Waals surface area (Å²) in [5.74, 6) is 0.791. The molecule has 1 heterocycles. The van der Waals surface area contributed by atoms with Gasteiger partial charge in [-0.3, -0.25) is 4.79 Å². The molecule has 3 rings (SSSR count). The van der Waals surface area contributed by atoms with Crippen LogP contribution in [-0.2, 0) is 10.0 Å². The van der Waals surface area contributed by atoms with Crippen molar-refractivity contribution in [1.29, 1.82) is 0 Å². The quantitative estimate of drug-likeness (QED) is 0.749. The molecule has 1 fully saturated rings. The first kappa shape index (κ1) is 21.4. The topological polar surface area (TPSA) is 84.9 Å². The fourth-order valence-corrected chi connectivity index (χ4v) is 4.84. The van der Waals surface area contributed by atoms with Crippen LogP contribution in [0.15, 0.2) is 47.4 Å². The number of sulfonamides is 1. The Morgan fingerprint density at radius 1 is 1.03 bits per heavy atom. The lowest BCUT2D eigenvalue weighted by molar-refractivity contribution is 0.0923. The number of nitrogens with zero attached hydrogens (tertiary/aromatic N) is 1. The molecule has 2 aromatic carbocycles. The highest BCUT2D eigenvalue weighted by atomic mass is 35.5. The molecule has 1 N–H and O–H groups in total. The first-order chi connectivity index (χ1) is 13.8. The Labute approximate surface area is 175 Å². The molecule has 156 valence electrons. The molecule has 1 aliphatic heterocycles. The van der Waals surface area contributed by atoms with Gasteiger partial charge in [0.2, 0.25) is 10.0 Å². The van der Waals surface area contributed by atoms with Gasteiger partial charge in [-0.05, 0) is 55.3 Å². The fraction of sp³-hybridized carbons (Fsp3) is 0.350. The van der Waals surface area contributed by atoms with Crippen LogP contribution in [-0.4, -0.2) is 52.0 Å². The summed E-state index contributed by atoms with van der Waals surface area (Å²) in [6, 6.07) is 11.0. The molecule has 0 radical (unpaired) electrons. The SMILES string of the molecule is COc1ccc(C(=O)NC2CCN(S(=O)(=O)c3ccc(Cl)cc3)CC2)cc1OC. The van der Waals surface area contributed by atoms with E-state index in [9.17, 15) is 13.2 Å². The molecule has 1 amide bonds. The molecule has 29 heavy (non-hydrogen) atoms. The number of hydrogen-bond acceptors (Lipinski definition) is 5. The minimum absolute atomic E-state index is 0.104. The zero-order valence-electron chi connectivity index (χ0n) is 16.2. The minimum atomic E-state index is -3.57. The third kappa shape index (κ3) is 4.83. The van der Waals surface area contributed by atoms with E-state index in [0.29, 0.717) is 48.0 Å². The van der Waals surface area contributed by atoms with Crippen molar-refractivity contribution in [1.82, 2.24) is 9.62 Å². The van der Waals surface area contributed by atoms with Crippen LogP contribution in [0.25, 0.3) is 0 Å². The zero-order chi connectivity index (χ0) is 21.0. The van der Waals surface area contributed by atoms with Gasteiger partial charge in [0.25, 0.3) is 5.91 Å². The highest BCUT2D eigenvalue weighted by Crippen LogP contribution is 2.28. The van der Waals surface area contributed by atoms with E-state index in [-0.39, 0.29) is 16.8 Å². The molecule has 0 aliphatic carbocycles. The monoisotopic (exact) mass is 438 g/mol. The number of carbonyl (C=O) groups is 1. The molecule has 9 heteroatoms. The number of benzene rings is 2. The maximum Gasteiger partial charge on any atom is 0.251 e. The Balaban J connectivity index is 1.61. The van der Waals surface area contributed by atoms with Crippen LogP contribution in [0, 0.1) is 0 Å². The second-order valence-corrected chi connectivity index (χ2v) is 9.05. The molecule has 7 nitrogen and oxygen atoms in total. The second-order valence-electron chi connectivity index (χ2n) is 6.68. The Morgan fingerprint density at radius 3 is 2.24 bits per heavy atom. The number of nitrogens with one attached hydrogen (secondary N) is 1. The highest BCUT2D eigenvalue weighted by Gasteiger charge is 2.30. The third-order valence-electron chi connectivity index (χ3n) is 4.89. The lowest BCUT2D eigenvalue weighted by Crippen LogP contribution is -2.46. The summed E-state index contributed by atoms with van der Waals surface area (Å²) in [6.45, 7) is 0.670. The number of rotatable bonds is 6. The predicted molar refractivity (Wildman–Crippen MR) is 110 cm³/mol. The van der Waals surface area contributed by atoms with Gasteiger partial charge in [0.1, 0.15) is 0 Å². The summed E-state index contributed by atoms with van der Waals surface area (Å²) in [7, 11) is -0.526. The Bertz CT molecular complexity index is 971. The summed E-state index contributed by atoms with van der Waals surface area (Å²) in [5, 5.41) is 3.46. The van der Waals surface area contributed by atoms with Crippen LogP contribution in [0.1, 0.15) is 23.2 Å². The van der Waals surface area contributed by atoms with E-state index in [2.05, 4.69) is 5.32 Å². The highest BCUT2D eigenvalue weighted by molar-refractivity contribution is 7.89. The van der Waals surface area contributed by atoms with Gasteiger partial charge in [-0.25, -0.2) is 8.42 Å². The van der Waals surface area contributed by atoms with Gasteiger partial charge < -0.3 is 14.8 Å². The number of hydrogen-bond donors (Lipinski definition) is 1. The normalized spacial score (nSPS) is 15.7. The zero-order valence-corrected chi connectivity index (χ0v) is 17.8. The van der Waals surface area contributed by atoms with Crippen LogP contribution in [0.4, 0.5) is 0 Å². The van der Waals surface area contributed by atoms with Crippen LogP contribution in [0.5, 0.6) is 11.5 Å². The lowest BCUT2D eigenvalue weighted by Gasteiger charge is -2.31. The maximum absolute atomic E-state index is 12.7. The number of carbonyl (C=O) groups excluding carboxylic acids is 1. The molecule has 0 atom stereocenters. The predicted octanol–water partition coefficient (Wildman–Crippen LogP) is 2.94. The number of halogens is 1. The van der Waals surface area contributed by atoms with Gasteiger partial charge in [-0.2, -0.15) is 4.31 Å². The molecule has 0 unspecified atom stereocenters. The molecular weight excluding hydrogens is 416 g/mol. The first-order valence-corrected chi connectivity index (χ1v) is 11.0. The van der Waals surface area contributed by atoms with E-state index in [1.807, 2.05) is 0 Å². The van der Waals surface area contributed by atoms with Gasteiger partial charge >= 0.3 is 0 Å². The van der Waals surface area contributed by atoms with Crippen LogP contribution < -0.4 is 14.8 Å².